The number of anilines is 1. The van der Waals surface area contributed by atoms with E-state index in [9.17, 15) is 14.0 Å². The quantitative estimate of drug-likeness (QED) is 0.475. The number of methoxy groups -OCH3 is 1. The number of benzene rings is 2. The van der Waals surface area contributed by atoms with E-state index in [1.165, 1.54) is 6.07 Å². The highest BCUT2D eigenvalue weighted by Gasteiger charge is 2.35. The lowest BCUT2D eigenvalue weighted by molar-refractivity contribution is 0.159. The van der Waals surface area contributed by atoms with Crippen LogP contribution in [0.2, 0.25) is 5.02 Å². The molecule has 1 aliphatic rings. The number of hydrogen-bond donors (Lipinski definition) is 3. The Morgan fingerprint density at radius 2 is 2.00 bits per heavy atom. The van der Waals surface area contributed by atoms with E-state index < -0.39 is 11.8 Å². The van der Waals surface area contributed by atoms with Crippen molar-refractivity contribution in [2.75, 3.05) is 38.7 Å². The van der Waals surface area contributed by atoms with E-state index in [0.717, 1.165) is 5.56 Å². The molecule has 0 saturated carbocycles. The molecule has 1 saturated heterocycles. The second-order valence-corrected chi connectivity index (χ2v) is 8.73. The molecule has 180 valence electrons. The van der Waals surface area contributed by atoms with Crippen molar-refractivity contribution in [1.82, 2.24) is 20.0 Å². The van der Waals surface area contributed by atoms with Gasteiger partial charge in [0.25, 0.3) is 5.56 Å². The predicted octanol–water partition coefficient (Wildman–Crippen LogP) is 3.50. The summed E-state index contributed by atoms with van der Waals surface area (Å²) in [5.41, 5.74) is 1.67. The van der Waals surface area contributed by atoms with Gasteiger partial charge in [0.15, 0.2) is 0 Å². The maximum Gasteiger partial charge on any atom is 0.320 e. The van der Waals surface area contributed by atoms with Crippen LogP contribution in [0.25, 0.3) is 5.69 Å². The molecule has 2 aromatic carbocycles. The minimum atomic E-state index is -0.483. The smallest absolute Gasteiger partial charge is 0.320 e. The molecule has 2 atom stereocenters. The Labute approximate surface area is 201 Å². The van der Waals surface area contributed by atoms with Crippen LogP contribution < -0.4 is 16.2 Å². The highest BCUT2D eigenvalue weighted by molar-refractivity contribution is 6.30. The van der Waals surface area contributed by atoms with Gasteiger partial charge in [-0.15, -0.1) is 0 Å². The first kappa shape index (κ1) is 24.0. The molecule has 1 aliphatic heterocycles. The van der Waals surface area contributed by atoms with E-state index in [2.05, 4.69) is 20.6 Å². The van der Waals surface area contributed by atoms with Crippen molar-refractivity contribution in [3.05, 3.63) is 80.9 Å². The van der Waals surface area contributed by atoms with E-state index in [4.69, 9.17) is 16.3 Å². The number of amides is 2. The topological polar surface area (TPSA) is 91.4 Å². The number of nitrogens with zero attached hydrogens (tertiary/aromatic N) is 2. The van der Waals surface area contributed by atoms with Crippen molar-refractivity contribution in [2.24, 2.45) is 0 Å². The van der Waals surface area contributed by atoms with E-state index in [1.54, 1.807) is 30.8 Å². The van der Waals surface area contributed by atoms with Crippen LogP contribution in [-0.2, 0) is 4.74 Å². The van der Waals surface area contributed by atoms with Crippen molar-refractivity contribution < 1.29 is 13.9 Å². The van der Waals surface area contributed by atoms with Gasteiger partial charge in [-0.2, -0.15) is 0 Å². The van der Waals surface area contributed by atoms with Crippen LogP contribution in [0, 0.1) is 12.7 Å². The Morgan fingerprint density at radius 3 is 2.71 bits per heavy atom. The van der Waals surface area contributed by atoms with Crippen LogP contribution in [0.15, 0.2) is 53.3 Å². The summed E-state index contributed by atoms with van der Waals surface area (Å²) < 4.78 is 20.5. The number of carbonyl (C=O) groups is 1. The Bertz CT molecular complexity index is 1210. The number of aromatic amines is 1. The number of aromatic nitrogens is 2. The highest BCUT2D eigenvalue weighted by atomic mass is 35.5. The van der Waals surface area contributed by atoms with Gasteiger partial charge in [-0.3, -0.25) is 20.1 Å². The van der Waals surface area contributed by atoms with Crippen molar-refractivity contribution in [3.63, 3.8) is 0 Å². The summed E-state index contributed by atoms with van der Waals surface area (Å²) in [4.78, 5) is 27.5. The molecule has 10 heteroatoms. The minimum Gasteiger partial charge on any atom is -0.383 e. The summed E-state index contributed by atoms with van der Waals surface area (Å²) in [5.74, 6) is -0.211. The lowest BCUT2D eigenvalue weighted by Gasteiger charge is -2.21. The third-order valence-electron chi connectivity index (χ3n) is 6.07. The molecule has 0 spiro atoms. The number of carbonyl (C=O) groups excluding carboxylic acids is 1. The number of urea groups is 1. The summed E-state index contributed by atoms with van der Waals surface area (Å²) in [5, 5.41) is 8.66. The second kappa shape index (κ2) is 10.4. The van der Waals surface area contributed by atoms with Crippen molar-refractivity contribution in [3.8, 4) is 5.69 Å². The molecule has 0 radical (unpaired) electrons. The standard InChI is InChI=1S/C24H27ClFN5O3/c1-15-22(31(29-23(15)32)17-6-4-3-5-7-17)28-24(33)27-21-14-30(10-11-34-2)13-18(21)16-8-9-20(26)19(25)12-16/h3-9,12,18,21H,10-11,13-14H2,1-2H3,(H,29,32)(H2,27,28,33)/t18?,21-/m1/s1. The van der Waals surface area contributed by atoms with Gasteiger partial charge in [-0.25, -0.2) is 13.9 Å². The van der Waals surface area contributed by atoms with E-state index in [1.807, 2.05) is 30.3 Å². The molecule has 1 fully saturated rings. The van der Waals surface area contributed by atoms with E-state index >= 15 is 0 Å². The number of ether oxygens (including phenoxy) is 1. The summed E-state index contributed by atoms with van der Waals surface area (Å²) >= 11 is 6.02. The first-order valence-electron chi connectivity index (χ1n) is 11.0. The van der Waals surface area contributed by atoms with Crippen LogP contribution in [0.5, 0.6) is 0 Å². The third-order valence-corrected chi connectivity index (χ3v) is 6.36. The third kappa shape index (κ3) is 5.16. The molecule has 3 N–H and O–H groups in total. The molecule has 3 aromatic rings. The molecule has 2 heterocycles. The number of H-pyrrole nitrogens is 1. The van der Waals surface area contributed by atoms with Gasteiger partial charge >= 0.3 is 6.03 Å². The second-order valence-electron chi connectivity index (χ2n) is 8.32. The Kier molecular flexibility index (Phi) is 7.35. The minimum absolute atomic E-state index is 0.0471. The molecular weight excluding hydrogens is 461 g/mol. The Morgan fingerprint density at radius 1 is 1.24 bits per heavy atom. The van der Waals surface area contributed by atoms with Crippen LogP contribution in [-0.4, -0.2) is 60.1 Å². The Balaban J connectivity index is 1.55. The van der Waals surface area contributed by atoms with Gasteiger partial charge in [0.05, 0.1) is 28.9 Å². The van der Waals surface area contributed by atoms with Crippen LogP contribution in [0.4, 0.5) is 15.0 Å². The number of rotatable bonds is 7. The zero-order chi connectivity index (χ0) is 24.2. The SMILES string of the molecule is COCCN1CC(c2ccc(F)c(Cl)c2)[C@H](NC(=O)Nc2c(C)c(=O)[nH]n2-c2ccccc2)C1. The Hall–Kier alpha value is -3.14. The fourth-order valence-electron chi connectivity index (χ4n) is 4.26. The largest absolute Gasteiger partial charge is 0.383 e. The van der Waals surface area contributed by atoms with Crippen LogP contribution in [0.3, 0.4) is 0 Å². The zero-order valence-corrected chi connectivity index (χ0v) is 19.7. The van der Waals surface area contributed by atoms with Gasteiger partial charge in [0.1, 0.15) is 11.6 Å². The summed E-state index contributed by atoms with van der Waals surface area (Å²) in [6, 6.07) is 13.2. The molecule has 0 bridgehead atoms. The van der Waals surface area contributed by atoms with Crippen molar-refractivity contribution in [2.45, 2.75) is 18.9 Å². The highest BCUT2D eigenvalue weighted by Crippen LogP contribution is 2.30. The van der Waals surface area contributed by atoms with Crippen molar-refractivity contribution in [1.29, 1.82) is 0 Å². The molecular formula is C24H27ClFN5O3. The fourth-order valence-corrected chi connectivity index (χ4v) is 4.45. The van der Waals surface area contributed by atoms with Gasteiger partial charge in [-0.05, 0) is 36.8 Å². The first-order chi connectivity index (χ1) is 16.4. The molecule has 4 rings (SSSR count). The predicted molar refractivity (Wildman–Crippen MR) is 130 cm³/mol. The maximum atomic E-state index is 13.7. The van der Waals surface area contributed by atoms with Gasteiger partial charge in [-0.1, -0.05) is 35.9 Å². The lowest BCUT2D eigenvalue weighted by atomic mass is 9.94. The number of nitrogens with one attached hydrogen (secondary N) is 3. The summed E-state index contributed by atoms with van der Waals surface area (Å²) in [6.07, 6.45) is 0. The number of para-hydroxylation sites is 1. The molecule has 1 unspecified atom stereocenters. The van der Waals surface area contributed by atoms with Gasteiger partial charge < -0.3 is 10.1 Å². The number of likely N-dealkylation sites (tertiary alicyclic amines) is 1. The maximum absolute atomic E-state index is 13.7. The molecule has 2 amide bonds. The zero-order valence-electron chi connectivity index (χ0n) is 19.0. The van der Waals surface area contributed by atoms with Gasteiger partial charge in [0, 0.05) is 32.7 Å². The van der Waals surface area contributed by atoms with Gasteiger partial charge in [0.2, 0.25) is 0 Å². The summed E-state index contributed by atoms with van der Waals surface area (Å²) in [7, 11) is 1.64. The number of hydrogen-bond acceptors (Lipinski definition) is 4. The first-order valence-corrected chi connectivity index (χ1v) is 11.4. The molecule has 0 aliphatic carbocycles. The molecule has 8 nitrogen and oxygen atoms in total. The average molecular weight is 488 g/mol. The lowest BCUT2D eigenvalue weighted by Crippen LogP contribution is -2.42. The average Bonchev–Trinajstić information content (AvgIpc) is 3.35. The van der Waals surface area contributed by atoms with E-state index in [0.29, 0.717) is 43.3 Å². The summed E-state index contributed by atoms with van der Waals surface area (Å²) in [6.45, 7) is 4.16. The van der Waals surface area contributed by atoms with Crippen LogP contribution >= 0.6 is 11.6 Å². The van der Waals surface area contributed by atoms with Crippen molar-refractivity contribution >= 4 is 23.4 Å². The number of halogens is 2. The fraction of sp³-hybridized carbons (Fsp3) is 0.333. The van der Waals surface area contributed by atoms with E-state index in [-0.39, 0.29) is 22.5 Å². The molecule has 34 heavy (non-hydrogen) atoms. The van der Waals surface area contributed by atoms with Crippen LogP contribution in [0.1, 0.15) is 17.0 Å². The molecule has 1 aromatic heterocycles. The normalized spacial score (nSPS) is 18.2. The monoisotopic (exact) mass is 487 g/mol.